The number of methoxy groups -OCH3 is 1. The second-order valence-corrected chi connectivity index (χ2v) is 4.97. The summed E-state index contributed by atoms with van der Waals surface area (Å²) in [5, 5.41) is 3.12. The van der Waals surface area contributed by atoms with Crippen LogP contribution in [0.4, 0.5) is 17.3 Å². The van der Waals surface area contributed by atoms with E-state index in [0.717, 1.165) is 18.7 Å². The van der Waals surface area contributed by atoms with Crippen molar-refractivity contribution in [3.8, 4) is 0 Å². The summed E-state index contributed by atoms with van der Waals surface area (Å²) in [5.74, 6) is 1.77. The van der Waals surface area contributed by atoms with Crippen LogP contribution in [0.15, 0.2) is 30.3 Å². The van der Waals surface area contributed by atoms with E-state index in [9.17, 15) is 4.79 Å². The van der Waals surface area contributed by atoms with Gasteiger partial charge >= 0.3 is 5.97 Å². The number of nitrogens with zero attached hydrogens (tertiary/aromatic N) is 2. The molecule has 1 heterocycles. The number of benzene rings is 1. The largest absolute Gasteiger partial charge is 0.465 e. The van der Waals surface area contributed by atoms with Crippen LogP contribution in [0.3, 0.4) is 0 Å². The molecule has 0 unspecified atom stereocenters. The van der Waals surface area contributed by atoms with Crippen LogP contribution in [-0.2, 0) is 4.74 Å². The topological polar surface area (TPSA) is 90.1 Å². The number of nitrogens with one attached hydrogen (secondary N) is 1. The zero-order chi connectivity index (χ0) is 14.8. The van der Waals surface area contributed by atoms with Gasteiger partial charge in [-0.2, -0.15) is 0 Å². The summed E-state index contributed by atoms with van der Waals surface area (Å²) in [4.78, 5) is 20.5. The smallest absolute Gasteiger partial charge is 0.339 e. The first-order chi connectivity index (χ1) is 10.2. The Bertz CT molecular complexity index is 683. The predicted molar refractivity (Wildman–Crippen MR) is 79.5 cm³/mol. The molecule has 6 nitrogen and oxygen atoms in total. The molecule has 3 rings (SSSR count). The van der Waals surface area contributed by atoms with Gasteiger partial charge in [0.05, 0.1) is 18.4 Å². The number of hydrogen-bond acceptors (Lipinski definition) is 6. The standard InChI is InChI=1S/C15H16N4O2/c1-21-15(20)10-4-2-3-5-11(10)17-13-8-12(16)18-14(19-13)9-6-7-9/h2-5,8-9H,6-7H2,1H3,(H3,16,17,18,19). The number of rotatable bonds is 4. The number of anilines is 3. The fraction of sp³-hybridized carbons (Fsp3) is 0.267. The molecule has 6 heteroatoms. The Morgan fingerprint density at radius 3 is 2.81 bits per heavy atom. The van der Waals surface area contributed by atoms with Crippen molar-refractivity contribution < 1.29 is 9.53 Å². The van der Waals surface area contributed by atoms with E-state index in [1.807, 2.05) is 6.07 Å². The number of nitrogens with two attached hydrogens (primary N) is 1. The number of carbonyl (C=O) groups excluding carboxylic acids is 1. The lowest BCUT2D eigenvalue weighted by molar-refractivity contribution is 0.0602. The van der Waals surface area contributed by atoms with Gasteiger partial charge in [0.1, 0.15) is 17.5 Å². The summed E-state index contributed by atoms with van der Waals surface area (Å²) in [6.45, 7) is 0. The molecule has 0 amide bonds. The maximum Gasteiger partial charge on any atom is 0.339 e. The first kappa shape index (κ1) is 13.4. The fourth-order valence-corrected chi connectivity index (χ4v) is 2.09. The summed E-state index contributed by atoms with van der Waals surface area (Å²) < 4.78 is 4.77. The molecule has 1 fully saturated rings. The Balaban J connectivity index is 1.91. The summed E-state index contributed by atoms with van der Waals surface area (Å²) in [7, 11) is 1.35. The Hall–Kier alpha value is -2.63. The van der Waals surface area contributed by atoms with Crippen LogP contribution in [-0.4, -0.2) is 23.0 Å². The van der Waals surface area contributed by atoms with Crippen molar-refractivity contribution >= 4 is 23.3 Å². The van der Waals surface area contributed by atoms with Gasteiger partial charge < -0.3 is 15.8 Å². The third kappa shape index (κ3) is 2.94. The molecule has 108 valence electrons. The minimum Gasteiger partial charge on any atom is -0.465 e. The van der Waals surface area contributed by atoms with Crippen molar-refractivity contribution in [2.45, 2.75) is 18.8 Å². The lowest BCUT2D eigenvalue weighted by Crippen LogP contribution is -2.07. The minimum atomic E-state index is -0.400. The van der Waals surface area contributed by atoms with Gasteiger partial charge in [-0.25, -0.2) is 14.8 Å². The Morgan fingerprint density at radius 1 is 1.33 bits per heavy atom. The fourth-order valence-electron chi connectivity index (χ4n) is 2.09. The average Bonchev–Trinajstić information content (AvgIpc) is 3.31. The Morgan fingerprint density at radius 2 is 2.10 bits per heavy atom. The molecule has 0 radical (unpaired) electrons. The highest BCUT2D eigenvalue weighted by atomic mass is 16.5. The van der Waals surface area contributed by atoms with Gasteiger partial charge in [0.15, 0.2) is 0 Å². The van der Waals surface area contributed by atoms with Crippen molar-refractivity contribution in [2.75, 3.05) is 18.2 Å². The summed E-state index contributed by atoms with van der Waals surface area (Å²) in [5.41, 5.74) is 6.90. The highest BCUT2D eigenvalue weighted by Crippen LogP contribution is 2.38. The second kappa shape index (κ2) is 5.40. The van der Waals surface area contributed by atoms with E-state index in [1.54, 1.807) is 24.3 Å². The van der Waals surface area contributed by atoms with E-state index in [2.05, 4.69) is 15.3 Å². The van der Waals surface area contributed by atoms with Crippen LogP contribution in [0.1, 0.15) is 34.9 Å². The highest BCUT2D eigenvalue weighted by Gasteiger charge is 2.27. The van der Waals surface area contributed by atoms with Crippen LogP contribution >= 0.6 is 0 Å². The molecule has 0 spiro atoms. The number of nitrogen functional groups attached to an aromatic ring is 1. The molecule has 1 aliphatic carbocycles. The van der Waals surface area contributed by atoms with E-state index in [1.165, 1.54) is 7.11 Å². The quantitative estimate of drug-likeness (QED) is 0.838. The molecule has 1 aliphatic rings. The van der Waals surface area contributed by atoms with Gasteiger partial charge in [0.25, 0.3) is 0 Å². The van der Waals surface area contributed by atoms with Gasteiger partial charge in [-0.15, -0.1) is 0 Å². The van der Waals surface area contributed by atoms with E-state index >= 15 is 0 Å². The third-order valence-corrected chi connectivity index (χ3v) is 3.30. The number of carbonyl (C=O) groups is 1. The normalized spacial score (nSPS) is 13.8. The minimum absolute atomic E-state index is 0.400. The van der Waals surface area contributed by atoms with Gasteiger partial charge in [-0.1, -0.05) is 12.1 Å². The molecule has 1 aromatic carbocycles. The first-order valence-electron chi connectivity index (χ1n) is 6.76. The molecule has 0 saturated heterocycles. The highest BCUT2D eigenvalue weighted by molar-refractivity contribution is 5.96. The average molecular weight is 284 g/mol. The molecule has 0 aliphatic heterocycles. The number of aromatic nitrogens is 2. The van der Waals surface area contributed by atoms with Crippen LogP contribution in [0, 0.1) is 0 Å². The maximum absolute atomic E-state index is 11.8. The molecule has 2 aromatic rings. The van der Waals surface area contributed by atoms with Gasteiger partial charge in [-0.05, 0) is 25.0 Å². The summed E-state index contributed by atoms with van der Waals surface area (Å²) >= 11 is 0. The van der Waals surface area contributed by atoms with Gasteiger partial charge in [0.2, 0.25) is 0 Å². The van der Waals surface area contributed by atoms with E-state index < -0.39 is 5.97 Å². The monoisotopic (exact) mass is 284 g/mol. The zero-order valence-corrected chi connectivity index (χ0v) is 11.7. The van der Waals surface area contributed by atoms with Gasteiger partial charge in [-0.3, -0.25) is 0 Å². The SMILES string of the molecule is COC(=O)c1ccccc1Nc1cc(N)nc(C2CC2)n1. The molecule has 0 atom stereocenters. The summed E-state index contributed by atoms with van der Waals surface area (Å²) in [6.07, 6.45) is 2.20. The Labute approximate surface area is 122 Å². The van der Waals surface area contributed by atoms with Gasteiger partial charge in [0, 0.05) is 12.0 Å². The zero-order valence-electron chi connectivity index (χ0n) is 11.7. The second-order valence-electron chi connectivity index (χ2n) is 4.97. The predicted octanol–water partition coefficient (Wildman–Crippen LogP) is 2.47. The molecule has 21 heavy (non-hydrogen) atoms. The maximum atomic E-state index is 11.8. The Kier molecular flexibility index (Phi) is 3.43. The van der Waals surface area contributed by atoms with Crippen LogP contribution in [0.5, 0.6) is 0 Å². The lowest BCUT2D eigenvalue weighted by Gasteiger charge is -2.11. The van der Waals surface area contributed by atoms with Crippen molar-refractivity contribution in [1.82, 2.24) is 9.97 Å². The number of hydrogen-bond donors (Lipinski definition) is 2. The number of esters is 1. The number of ether oxygens (including phenoxy) is 1. The van der Waals surface area contributed by atoms with Crippen molar-refractivity contribution in [3.63, 3.8) is 0 Å². The van der Waals surface area contributed by atoms with E-state index in [0.29, 0.717) is 28.8 Å². The van der Waals surface area contributed by atoms with Crippen molar-refractivity contribution in [3.05, 3.63) is 41.7 Å². The van der Waals surface area contributed by atoms with E-state index in [4.69, 9.17) is 10.5 Å². The molecular formula is C15H16N4O2. The number of para-hydroxylation sites is 1. The first-order valence-corrected chi connectivity index (χ1v) is 6.76. The van der Waals surface area contributed by atoms with Crippen molar-refractivity contribution in [2.24, 2.45) is 0 Å². The lowest BCUT2D eigenvalue weighted by atomic mass is 10.2. The molecular weight excluding hydrogens is 268 g/mol. The molecule has 0 bridgehead atoms. The third-order valence-electron chi connectivity index (χ3n) is 3.30. The van der Waals surface area contributed by atoms with Crippen LogP contribution < -0.4 is 11.1 Å². The van der Waals surface area contributed by atoms with Crippen LogP contribution in [0.25, 0.3) is 0 Å². The van der Waals surface area contributed by atoms with Crippen LogP contribution in [0.2, 0.25) is 0 Å². The molecule has 1 aromatic heterocycles. The summed E-state index contributed by atoms with van der Waals surface area (Å²) in [6, 6.07) is 8.75. The molecule has 3 N–H and O–H groups in total. The van der Waals surface area contributed by atoms with Crippen molar-refractivity contribution in [1.29, 1.82) is 0 Å². The van der Waals surface area contributed by atoms with E-state index in [-0.39, 0.29) is 0 Å². The molecule has 1 saturated carbocycles.